The zero-order valence-corrected chi connectivity index (χ0v) is 12.3. The molecule has 0 radical (unpaired) electrons. The lowest BCUT2D eigenvalue weighted by molar-refractivity contribution is 0.283. The van der Waals surface area contributed by atoms with Crippen LogP contribution in [0.5, 0.6) is 5.75 Å². The van der Waals surface area contributed by atoms with E-state index in [1.54, 1.807) is 7.11 Å². The molecule has 0 aliphatic heterocycles. The molecule has 22 heavy (non-hydrogen) atoms. The van der Waals surface area contributed by atoms with Gasteiger partial charge in [0.2, 0.25) is 0 Å². The molecule has 0 fully saturated rings. The number of hydrogen-bond acceptors (Lipinski definition) is 2. The fourth-order valence-corrected chi connectivity index (χ4v) is 3.29. The molecule has 4 rings (SSSR count). The topological polar surface area (TPSA) is 29.5 Å². The lowest BCUT2D eigenvalue weighted by Gasteiger charge is -2.11. The van der Waals surface area contributed by atoms with Crippen molar-refractivity contribution >= 4 is 32.3 Å². The van der Waals surface area contributed by atoms with Gasteiger partial charge in [0.1, 0.15) is 5.75 Å². The van der Waals surface area contributed by atoms with Crippen LogP contribution in [-0.4, -0.2) is 12.2 Å². The van der Waals surface area contributed by atoms with Crippen molar-refractivity contribution in [2.45, 2.75) is 6.61 Å². The van der Waals surface area contributed by atoms with Gasteiger partial charge in [0, 0.05) is 5.39 Å². The second kappa shape index (κ2) is 5.00. The maximum atomic E-state index is 9.53. The highest BCUT2D eigenvalue weighted by Crippen LogP contribution is 2.35. The maximum Gasteiger partial charge on any atom is 0.126 e. The summed E-state index contributed by atoms with van der Waals surface area (Å²) in [4.78, 5) is 0. The van der Waals surface area contributed by atoms with Crippen LogP contribution in [-0.2, 0) is 6.61 Å². The maximum absolute atomic E-state index is 9.53. The summed E-state index contributed by atoms with van der Waals surface area (Å²) in [5, 5.41) is 16.5. The van der Waals surface area contributed by atoms with Gasteiger partial charge in [-0.1, -0.05) is 48.5 Å². The fourth-order valence-electron chi connectivity index (χ4n) is 3.29. The first-order chi connectivity index (χ1) is 10.8. The van der Waals surface area contributed by atoms with Crippen LogP contribution in [0, 0.1) is 0 Å². The zero-order chi connectivity index (χ0) is 15.1. The average molecular weight is 288 g/mol. The Bertz CT molecular complexity index is 919. The number of hydrogen-bond donors (Lipinski definition) is 1. The third-order valence-corrected chi connectivity index (χ3v) is 4.36. The SMILES string of the molecule is COc1cccc2c1ccc1c3cccc(CO)c3ccc21. The van der Waals surface area contributed by atoms with Crippen molar-refractivity contribution in [1.29, 1.82) is 0 Å². The van der Waals surface area contributed by atoms with Crippen LogP contribution in [0.1, 0.15) is 5.56 Å². The van der Waals surface area contributed by atoms with Crippen LogP contribution >= 0.6 is 0 Å². The number of benzene rings is 4. The second-order valence-electron chi connectivity index (χ2n) is 5.45. The molecule has 0 aliphatic rings. The van der Waals surface area contributed by atoms with E-state index >= 15 is 0 Å². The van der Waals surface area contributed by atoms with E-state index in [1.165, 1.54) is 21.5 Å². The summed E-state index contributed by atoms with van der Waals surface area (Å²) in [5.41, 5.74) is 0.963. The summed E-state index contributed by atoms with van der Waals surface area (Å²) in [7, 11) is 1.70. The number of rotatable bonds is 2. The van der Waals surface area contributed by atoms with E-state index in [0.29, 0.717) is 0 Å². The van der Waals surface area contributed by atoms with Gasteiger partial charge >= 0.3 is 0 Å². The van der Waals surface area contributed by atoms with Crippen LogP contribution in [0.3, 0.4) is 0 Å². The van der Waals surface area contributed by atoms with E-state index in [2.05, 4.69) is 36.4 Å². The Labute approximate surface area is 128 Å². The summed E-state index contributed by atoms with van der Waals surface area (Å²) < 4.78 is 5.47. The quantitative estimate of drug-likeness (QED) is 0.544. The van der Waals surface area contributed by atoms with Crippen molar-refractivity contribution in [2.75, 3.05) is 7.11 Å². The molecule has 0 aliphatic carbocycles. The highest BCUT2D eigenvalue weighted by molar-refractivity contribution is 6.18. The average Bonchev–Trinajstić information content (AvgIpc) is 2.59. The number of fused-ring (bicyclic) bond motifs is 5. The van der Waals surface area contributed by atoms with E-state index in [9.17, 15) is 5.11 Å². The van der Waals surface area contributed by atoms with E-state index < -0.39 is 0 Å². The number of aliphatic hydroxyl groups excluding tert-OH is 1. The standard InChI is InChI=1S/C20H16O2/c1-22-20-7-3-6-16-18-9-8-14-13(12-21)4-2-5-15(14)17(18)10-11-19(16)20/h2-11,21H,12H2,1H3. The zero-order valence-electron chi connectivity index (χ0n) is 12.3. The lowest BCUT2D eigenvalue weighted by Crippen LogP contribution is -1.88. The smallest absolute Gasteiger partial charge is 0.126 e. The van der Waals surface area contributed by atoms with Crippen molar-refractivity contribution in [3.05, 3.63) is 66.2 Å². The van der Waals surface area contributed by atoms with Gasteiger partial charge in [-0.3, -0.25) is 0 Å². The van der Waals surface area contributed by atoms with Gasteiger partial charge < -0.3 is 9.84 Å². The summed E-state index contributed by atoms with van der Waals surface area (Å²) in [6.45, 7) is 0.0598. The normalized spacial score (nSPS) is 11.4. The van der Waals surface area contributed by atoms with Gasteiger partial charge in [0.05, 0.1) is 13.7 Å². The number of ether oxygens (including phenoxy) is 1. The third kappa shape index (κ3) is 1.78. The predicted molar refractivity (Wildman–Crippen MR) is 91.4 cm³/mol. The first-order valence-electron chi connectivity index (χ1n) is 7.34. The van der Waals surface area contributed by atoms with Gasteiger partial charge in [-0.2, -0.15) is 0 Å². The highest BCUT2D eigenvalue weighted by atomic mass is 16.5. The Balaban J connectivity index is 2.18. The van der Waals surface area contributed by atoms with E-state index in [4.69, 9.17) is 4.74 Å². The molecule has 108 valence electrons. The molecule has 0 atom stereocenters. The van der Waals surface area contributed by atoms with Crippen LogP contribution < -0.4 is 4.74 Å². The molecule has 0 saturated heterocycles. The molecule has 0 heterocycles. The van der Waals surface area contributed by atoms with Crippen molar-refractivity contribution in [3.63, 3.8) is 0 Å². The Hall–Kier alpha value is -2.58. The van der Waals surface area contributed by atoms with Crippen molar-refractivity contribution < 1.29 is 9.84 Å². The van der Waals surface area contributed by atoms with Gasteiger partial charge in [0.25, 0.3) is 0 Å². The molecule has 1 N–H and O–H groups in total. The van der Waals surface area contributed by atoms with E-state index in [-0.39, 0.29) is 6.61 Å². The van der Waals surface area contributed by atoms with Gasteiger partial charge in [-0.25, -0.2) is 0 Å². The highest BCUT2D eigenvalue weighted by Gasteiger charge is 2.08. The van der Waals surface area contributed by atoms with Crippen LogP contribution in [0.2, 0.25) is 0 Å². The molecule has 0 spiro atoms. The van der Waals surface area contributed by atoms with Crippen molar-refractivity contribution in [3.8, 4) is 5.75 Å². The first-order valence-corrected chi connectivity index (χ1v) is 7.34. The monoisotopic (exact) mass is 288 g/mol. The van der Waals surface area contributed by atoms with Crippen LogP contribution in [0.4, 0.5) is 0 Å². The van der Waals surface area contributed by atoms with E-state index in [1.807, 2.05) is 24.3 Å². The predicted octanol–water partition coefficient (Wildman–Crippen LogP) is 4.65. The molecule has 4 aromatic carbocycles. The molecular weight excluding hydrogens is 272 g/mol. The molecule has 0 saturated carbocycles. The minimum Gasteiger partial charge on any atom is -0.496 e. The summed E-state index contributed by atoms with van der Waals surface area (Å²) in [6, 6.07) is 20.7. The Morgan fingerprint density at radius 2 is 1.23 bits per heavy atom. The molecule has 0 aromatic heterocycles. The lowest BCUT2D eigenvalue weighted by atomic mass is 9.95. The molecular formula is C20H16O2. The number of methoxy groups -OCH3 is 1. The molecule has 2 heteroatoms. The van der Waals surface area contributed by atoms with Crippen molar-refractivity contribution in [2.24, 2.45) is 0 Å². The largest absolute Gasteiger partial charge is 0.496 e. The Morgan fingerprint density at radius 3 is 1.91 bits per heavy atom. The molecule has 0 amide bonds. The second-order valence-corrected chi connectivity index (χ2v) is 5.45. The van der Waals surface area contributed by atoms with E-state index in [0.717, 1.165) is 22.1 Å². The molecule has 0 unspecified atom stereocenters. The van der Waals surface area contributed by atoms with Crippen LogP contribution in [0.25, 0.3) is 32.3 Å². The first kappa shape index (κ1) is 13.1. The van der Waals surface area contributed by atoms with Crippen molar-refractivity contribution in [1.82, 2.24) is 0 Å². The minimum atomic E-state index is 0.0598. The van der Waals surface area contributed by atoms with Crippen LogP contribution in [0.15, 0.2) is 60.7 Å². The Morgan fingerprint density at radius 1 is 0.682 bits per heavy atom. The number of aliphatic hydroxyl groups is 1. The molecule has 2 nitrogen and oxygen atoms in total. The van der Waals surface area contributed by atoms with Gasteiger partial charge in [0.15, 0.2) is 0 Å². The summed E-state index contributed by atoms with van der Waals surface area (Å²) in [5.74, 6) is 0.892. The summed E-state index contributed by atoms with van der Waals surface area (Å²) in [6.07, 6.45) is 0. The van der Waals surface area contributed by atoms with Gasteiger partial charge in [-0.15, -0.1) is 0 Å². The van der Waals surface area contributed by atoms with Gasteiger partial charge in [-0.05, 0) is 44.6 Å². The summed E-state index contributed by atoms with van der Waals surface area (Å²) >= 11 is 0. The fraction of sp³-hybridized carbons (Fsp3) is 0.100. The minimum absolute atomic E-state index is 0.0598. The molecule has 4 aromatic rings. The Kier molecular flexibility index (Phi) is 2.98. The third-order valence-electron chi connectivity index (χ3n) is 4.36. The molecule has 0 bridgehead atoms.